The Bertz CT molecular complexity index is 585. The Morgan fingerprint density at radius 1 is 1.39 bits per heavy atom. The molecule has 0 saturated carbocycles. The van der Waals surface area contributed by atoms with Crippen molar-refractivity contribution in [1.82, 2.24) is 0 Å². The van der Waals surface area contributed by atoms with E-state index < -0.39 is 0 Å². The molecule has 2 N–H and O–H groups in total. The van der Waals surface area contributed by atoms with Crippen LogP contribution in [0.2, 0.25) is 5.02 Å². The zero-order valence-electron chi connectivity index (χ0n) is 9.15. The third-order valence-corrected chi connectivity index (χ3v) is 4.34. The summed E-state index contributed by atoms with van der Waals surface area (Å²) in [4.78, 5) is 1.35. The van der Waals surface area contributed by atoms with Gasteiger partial charge in [-0.3, -0.25) is 0 Å². The van der Waals surface area contributed by atoms with Crippen LogP contribution in [0.5, 0.6) is 5.75 Å². The van der Waals surface area contributed by atoms with Gasteiger partial charge in [-0.2, -0.15) is 0 Å². The van der Waals surface area contributed by atoms with E-state index in [0.29, 0.717) is 22.9 Å². The molecule has 2 rings (SSSR count). The second kappa shape index (κ2) is 6.02. The normalized spacial score (nSPS) is 10.3. The Morgan fingerprint density at radius 2 is 2.17 bits per heavy atom. The highest BCUT2D eigenvalue weighted by Gasteiger charge is 2.11. The fourth-order valence-electron chi connectivity index (χ4n) is 1.44. The first kappa shape index (κ1) is 13.8. The lowest BCUT2D eigenvalue weighted by molar-refractivity contribution is 0.309. The van der Waals surface area contributed by atoms with Crippen LogP contribution < -0.4 is 10.5 Å². The molecule has 1 aromatic heterocycles. The molecule has 2 nitrogen and oxygen atoms in total. The van der Waals surface area contributed by atoms with Crippen molar-refractivity contribution >= 4 is 56.1 Å². The number of benzene rings is 1. The summed E-state index contributed by atoms with van der Waals surface area (Å²) in [6.07, 6.45) is 0. The van der Waals surface area contributed by atoms with Gasteiger partial charge in [0.2, 0.25) is 0 Å². The van der Waals surface area contributed by atoms with Crippen LogP contribution >= 0.6 is 51.1 Å². The lowest BCUT2D eigenvalue weighted by atomic mass is 10.2. The van der Waals surface area contributed by atoms with Crippen LogP contribution in [0.25, 0.3) is 0 Å². The lowest BCUT2D eigenvalue weighted by Gasteiger charge is -2.11. The minimum Gasteiger partial charge on any atom is -0.487 e. The third-order valence-electron chi connectivity index (χ3n) is 2.22. The first-order valence-corrected chi connectivity index (χ1v) is 7.43. The van der Waals surface area contributed by atoms with Gasteiger partial charge in [0.15, 0.2) is 0 Å². The maximum atomic E-state index is 6.06. The summed E-state index contributed by atoms with van der Waals surface area (Å²) in [6.45, 7) is 0.465. The molecule has 0 bridgehead atoms. The average molecular weight is 363 g/mol. The minimum atomic E-state index is 0.239. The van der Waals surface area contributed by atoms with Gasteiger partial charge in [0, 0.05) is 4.88 Å². The quantitative estimate of drug-likeness (QED) is 0.820. The first-order valence-electron chi connectivity index (χ1n) is 5.03. The van der Waals surface area contributed by atoms with Gasteiger partial charge in [0.25, 0.3) is 0 Å². The van der Waals surface area contributed by atoms with Crippen molar-refractivity contribution in [1.29, 1.82) is 0 Å². The molecule has 0 unspecified atom stereocenters. The average Bonchev–Trinajstić information content (AvgIpc) is 2.72. The summed E-state index contributed by atoms with van der Waals surface area (Å²) in [6, 6.07) is 9.34. The molecule has 94 valence electrons. The summed E-state index contributed by atoms with van der Waals surface area (Å²) in [7, 11) is 0. The van der Waals surface area contributed by atoms with Gasteiger partial charge >= 0.3 is 0 Å². The molecule has 0 aliphatic rings. The number of thiocarbonyl (C=S) groups is 1. The number of halogens is 2. The van der Waals surface area contributed by atoms with Crippen molar-refractivity contribution in [3.05, 3.63) is 49.6 Å². The van der Waals surface area contributed by atoms with E-state index in [9.17, 15) is 0 Å². The van der Waals surface area contributed by atoms with Crippen molar-refractivity contribution < 1.29 is 4.74 Å². The lowest BCUT2D eigenvalue weighted by Crippen LogP contribution is -2.12. The molecule has 6 heteroatoms. The summed E-state index contributed by atoms with van der Waals surface area (Å²) < 4.78 is 6.79. The molecule has 0 aliphatic carbocycles. The molecule has 1 heterocycles. The number of hydrogen-bond acceptors (Lipinski definition) is 3. The van der Waals surface area contributed by atoms with Crippen LogP contribution in [0.3, 0.4) is 0 Å². The van der Waals surface area contributed by atoms with Crippen LogP contribution in [-0.2, 0) is 6.61 Å². The zero-order valence-corrected chi connectivity index (χ0v) is 13.1. The molecule has 0 amide bonds. The fourth-order valence-corrected chi connectivity index (χ4v) is 3.37. The summed E-state index contributed by atoms with van der Waals surface area (Å²) in [5.74, 6) is 0.611. The van der Waals surface area contributed by atoms with E-state index in [-0.39, 0.29) is 4.99 Å². The molecule has 0 spiro atoms. The van der Waals surface area contributed by atoms with E-state index in [1.165, 1.54) is 0 Å². The fraction of sp³-hybridized carbons (Fsp3) is 0.0833. The van der Waals surface area contributed by atoms with Gasteiger partial charge < -0.3 is 10.5 Å². The Kier molecular flexibility index (Phi) is 4.61. The first-order chi connectivity index (χ1) is 8.58. The molecular formula is C12H9BrClNOS2. The van der Waals surface area contributed by atoms with Gasteiger partial charge in [-0.25, -0.2) is 0 Å². The maximum Gasteiger partial charge on any atom is 0.131 e. The standard InChI is InChI=1S/C12H9BrClNOS2/c13-10-5-4-7(18-10)6-16-9-3-1-2-8(14)11(9)12(15)17/h1-5H,6H2,(H2,15,17). The van der Waals surface area contributed by atoms with Crippen molar-refractivity contribution in [2.24, 2.45) is 5.73 Å². The van der Waals surface area contributed by atoms with Gasteiger partial charge in [-0.05, 0) is 40.2 Å². The van der Waals surface area contributed by atoms with Crippen molar-refractivity contribution in [3.8, 4) is 5.75 Å². The van der Waals surface area contributed by atoms with Gasteiger partial charge in [0.1, 0.15) is 17.3 Å². The van der Waals surface area contributed by atoms with E-state index in [1.54, 1.807) is 17.4 Å². The molecule has 0 fully saturated rings. The van der Waals surface area contributed by atoms with E-state index in [1.807, 2.05) is 24.3 Å². The second-order valence-electron chi connectivity index (χ2n) is 3.47. The monoisotopic (exact) mass is 361 g/mol. The van der Waals surface area contributed by atoms with Crippen LogP contribution in [0.1, 0.15) is 10.4 Å². The molecule has 0 saturated heterocycles. The Morgan fingerprint density at radius 3 is 2.78 bits per heavy atom. The highest BCUT2D eigenvalue weighted by atomic mass is 79.9. The van der Waals surface area contributed by atoms with E-state index in [4.69, 9.17) is 34.3 Å². The van der Waals surface area contributed by atoms with Crippen molar-refractivity contribution in [3.63, 3.8) is 0 Å². The topological polar surface area (TPSA) is 35.2 Å². The van der Waals surface area contributed by atoms with E-state index >= 15 is 0 Å². The number of rotatable bonds is 4. The van der Waals surface area contributed by atoms with Crippen LogP contribution in [0.15, 0.2) is 34.1 Å². The summed E-state index contributed by atoms with van der Waals surface area (Å²) in [5.41, 5.74) is 6.24. The number of ether oxygens (including phenoxy) is 1. The molecule has 0 aliphatic heterocycles. The number of hydrogen-bond donors (Lipinski definition) is 1. The number of thiophene rings is 1. The number of nitrogens with two attached hydrogens (primary N) is 1. The SMILES string of the molecule is NC(=S)c1c(Cl)cccc1OCc1ccc(Br)s1. The van der Waals surface area contributed by atoms with Crippen molar-refractivity contribution in [2.75, 3.05) is 0 Å². The smallest absolute Gasteiger partial charge is 0.131 e. The Labute approximate surface area is 128 Å². The summed E-state index contributed by atoms with van der Waals surface area (Å²) >= 11 is 16.1. The zero-order chi connectivity index (χ0) is 13.1. The highest BCUT2D eigenvalue weighted by Crippen LogP contribution is 2.28. The van der Waals surface area contributed by atoms with Crippen LogP contribution in [-0.4, -0.2) is 4.99 Å². The predicted molar refractivity (Wildman–Crippen MR) is 83.7 cm³/mol. The van der Waals surface area contributed by atoms with E-state index in [0.717, 1.165) is 8.66 Å². The predicted octanol–water partition coefficient (Wildman–Crippen LogP) is 4.38. The Hall–Kier alpha value is -0.620. The third kappa shape index (κ3) is 3.23. The molecule has 2 aromatic rings. The molecule has 0 radical (unpaired) electrons. The molecule has 1 aromatic carbocycles. The van der Waals surface area contributed by atoms with Gasteiger partial charge in [0.05, 0.1) is 14.4 Å². The summed E-state index contributed by atoms with van der Waals surface area (Å²) in [5, 5.41) is 0.507. The van der Waals surface area contributed by atoms with Gasteiger partial charge in [-0.1, -0.05) is 29.9 Å². The molecule has 18 heavy (non-hydrogen) atoms. The van der Waals surface area contributed by atoms with Crippen LogP contribution in [0, 0.1) is 0 Å². The second-order valence-corrected chi connectivity index (χ2v) is 6.87. The van der Waals surface area contributed by atoms with Gasteiger partial charge in [-0.15, -0.1) is 11.3 Å². The highest BCUT2D eigenvalue weighted by molar-refractivity contribution is 9.11. The van der Waals surface area contributed by atoms with E-state index in [2.05, 4.69) is 15.9 Å². The molecule has 0 atom stereocenters. The van der Waals surface area contributed by atoms with Crippen LogP contribution in [0.4, 0.5) is 0 Å². The maximum absolute atomic E-state index is 6.06. The Balaban J connectivity index is 2.19. The molecular weight excluding hydrogens is 354 g/mol. The minimum absolute atomic E-state index is 0.239. The largest absolute Gasteiger partial charge is 0.487 e. The van der Waals surface area contributed by atoms with Crippen molar-refractivity contribution in [2.45, 2.75) is 6.61 Å².